The standard InChI is InChI=1S/C19H18N2O4.Rh/c1-12-4-3-9-20-18(12)15(22)7-6-14-11-25-19(21-14)13-5-8-17(24-2)16(23)10-13;/h3-5,8-11,23H,6-7H2,1-2H3;/q;+1/p-1. The summed E-state index contributed by atoms with van der Waals surface area (Å²) in [6.45, 7) is 1.88. The second-order valence-corrected chi connectivity index (χ2v) is 6.00. The summed E-state index contributed by atoms with van der Waals surface area (Å²) in [6, 6.07) is 9.08. The van der Waals surface area contributed by atoms with Crippen LogP contribution in [-0.2, 0) is 25.1 Å². The monoisotopic (exact) mass is 440 g/mol. The normalized spacial score (nSPS) is 10.6. The van der Waals surface area contributed by atoms with Crippen LogP contribution in [0.2, 0.25) is 0 Å². The molecule has 0 saturated carbocycles. The molecular formula is C19H17N2O4Rh. The molecule has 0 fully saturated rings. The molecule has 0 N–H and O–H groups in total. The number of pyridine rings is 1. The van der Waals surface area contributed by atoms with Gasteiger partial charge >= 0.3 is 136 Å². The first-order valence-corrected chi connectivity index (χ1v) is 8.63. The number of hydrogen-bond donors (Lipinski definition) is 0. The molecule has 0 amide bonds. The summed E-state index contributed by atoms with van der Waals surface area (Å²) in [5, 5.41) is 0. The fourth-order valence-corrected chi connectivity index (χ4v) is 2.82. The maximum atomic E-state index is 12.3. The van der Waals surface area contributed by atoms with Gasteiger partial charge in [0.1, 0.15) is 0 Å². The first-order valence-electron chi connectivity index (χ1n) is 7.96. The Morgan fingerprint density at radius 1 is 1.27 bits per heavy atom. The van der Waals surface area contributed by atoms with Crippen molar-refractivity contribution in [2.45, 2.75) is 19.8 Å². The van der Waals surface area contributed by atoms with Crippen molar-refractivity contribution in [2.75, 3.05) is 7.11 Å². The molecule has 0 saturated heterocycles. The van der Waals surface area contributed by atoms with E-state index < -0.39 is 0 Å². The molecule has 0 unspecified atom stereocenters. The Hall–Kier alpha value is -2.53. The van der Waals surface area contributed by atoms with Crippen LogP contribution in [-0.4, -0.2) is 22.9 Å². The number of benzene rings is 1. The van der Waals surface area contributed by atoms with Crippen LogP contribution < -0.4 is 8.30 Å². The molecule has 7 heteroatoms. The van der Waals surface area contributed by atoms with Gasteiger partial charge in [-0.25, -0.2) is 0 Å². The summed E-state index contributed by atoms with van der Waals surface area (Å²) in [6.07, 6.45) is 4.01. The summed E-state index contributed by atoms with van der Waals surface area (Å²) >= 11 is 2.39. The van der Waals surface area contributed by atoms with E-state index >= 15 is 0 Å². The zero-order valence-corrected chi connectivity index (χ0v) is 16.0. The molecule has 0 aliphatic carbocycles. The van der Waals surface area contributed by atoms with E-state index in [9.17, 15) is 4.79 Å². The van der Waals surface area contributed by atoms with Gasteiger partial charge in [0, 0.05) is 6.20 Å². The van der Waals surface area contributed by atoms with Crippen LogP contribution in [0, 0.1) is 6.92 Å². The number of aryl methyl sites for hydroxylation is 2. The molecule has 2 aromatic heterocycles. The van der Waals surface area contributed by atoms with Crippen molar-refractivity contribution < 1.29 is 36.2 Å². The van der Waals surface area contributed by atoms with E-state index in [1.54, 1.807) is 31.7 Å². The average Bonchev–Trinajstić information content (AvgIpc) is 3.15. The Bertz CT molecular complexity index is 923. The molecule has 26 heavy (non-hydrogen) atoms. The van der Waals surface area contributed by atoms with E-state index in [1.807, 2.05) is 25.1 Å². The molecule has 6 nitrogen and oxygen atoms in total. The van der Waals surface area contributed by atoms with Gasteiger partial charge in [-0.2, -0.15) is 0 Å². The fraction of sp³-hybridized carbons (Fsp3) is 0.211. The SMILES string of the molecule is COc1ccc(-c2nc(CCC(=O)c3ncccc3C)co2)cc1[O][Rh]. The van der Waals surface area contributed by atoms with Gasteiger partial charge < -0.3 is 0 Å². The maximum absolute atomic E-state index is 12.3. The average molecular weight is 440 g/mol. The molecule has 0 aliphatic rings. The number of hydrogen-bond acceptors (Lipinski definition) is 6. The molecule has 0 spiro atoms. The zero-order valence-electron chi connectivity index (χ0n) is 14.3. The van der Waals surface area contributed by atoms with Crippen molar-refractivity contribution in [3.8, 4) is 23.0 Å². The second-order valence-electron chi connectivity index (χ2n) is 5.67. The topological polar surface area (TPSA) is 74.5 Å². The number of ketones is 1. The summed E-state index contributed by atoms with van der Waals surface area (Å²) in [7, 11) is 1.57. The molecule has 0 aliphatic heterocycles. The molecule has 0 bridgehead atoms. The first kappa shape index (κ1) is 18.3. The number of Topliss-reactive ketones (excluding diaryl/α,β-unsaturated/α-hetero) is 1. The van der Waals surface area contributed by atoms with E-state index in [0.717, 1.165) is 11.1 Å². The Morgan fingerprint density at radius 2 is 2.12 bits per heavy atom. The third-order valence-electron chi connectivity index (χ3n) is 3.92. The van der Waals surface area contributed by atoms with Crippen molar-refractivity contribution in [1.29, 1.82) is 0 Å². The predicted octanol–water partition coefficient (Wildman–Crippen LogP) is 3.71. The van der Waals surface area contributed by atoms with Crippen molar-refractivity contribution in [3.05, 3.63) is 59.7 Å². The molecule has 3 aromatic rings. The van der Waals surface area contributed by atoms with Gasteiger partial charge in [0.05, 0.1) is 0 Å². The Kier molecular flexibility index (Phi) is 5.79. The Labute approximate surface area is 161 Å². The minimum atomic E-state index is -0.00478. The molecular weight excluding hydrogens is 423 g/mol. The number of oxazole rings is 1. The number of nitrogens with zero attached hydrogens (tertiary/aromatic N) is 2. The van der Waals surface area contributed by atoms with Gasteiger partial charge in [-0.05, 0) is 13.0 Å². The first-order chi connectivity index (χ1) is 12.6. The van der Waals surface area contributed by atoms with Crippen LogP contribution in [0.5, 0.6) is 11.5 Å². The van der Waals surface area contributed by atoms with E-state index in [0.29, 0.717) is 41.6 Å². The molecule has 136 valence electrons. The van der Waals surface area contributed by atoms with Crippen molar-refractivity contribution in [2.24, 2.45) is 0 Å². The third kappa shape index (κ3) is 3.99. The van der Waals surface area contributed by atoms with Gasteiger partial charge in [0.2, 0.25) is 0 Å². The van der Waals surface area contributed by atoms with Gasteiger partial charge in [-0.15, -0.1) is 0 Å². The second kappa shape index (κ2) is 8.24. The molecule has 1 aromatic carbocycles. The Morgan fingerprint density at radius 3 is 2.85 bits per heavy atom. The van der Waals surface area contributed by atoms with Crippen LogP contribution >= 0.6 is 0 Å². The predicted molar refractivity (Wildman–Crippen MR) is 90.7 cm³/mol. The summed E-state index contributed by atoms with van der Waals surface area (Å²) in [5.74, 6) is 1.62. The number of carbonyl (C=O) groups excluding carboxylic acids is 1. The fourth-order valence-electron chi connectivity index (χ4n) is 2.55. The summed E-state index contributed by atoms with van der Waals surface area (Å²) in [4.78, 5) is 20.9. The van der Waals surface area contributed by atoms with Crippen LogP contribution in [0.4, 0.5) is 0 Å². The molecule has 3 rings (SSSR count). The van der Waals surface area contributed by atoms with Crippen LogP contribution in [0.25, 0.3) is 11.5 Å². The number of rotatable bonds is 7. The van der Waals surface area contributed by atoms with Gasteiger partial charge in [0.15, 0.2) is 0 Å². The zero-order chi connectivity index (χ0) is 18.5. The van der Waals surface area contributed by atoms with Crippen molar-refractivity contribution >= 4 is 5.78 Å². The van der Waals surface area contributed by atoms with E-state index in [1.165, 1.54) is 0 Å². The summed E-state index contributed by atoms with van der Waals surface area (Å²) < 4.78 is 15.9. The Balaban J connectivity index is 1.70. The van der Waals surface area contributed by atoms with E-state index in [4.69, 9.17) is 12.7 Å². The number of carbonyl (C=O) groups is 1. The molecule has 0 atom stereocenters. The number of aromatic nitrogens is 2. The van der Waals surface area contributed by atoms with Crippen molar-refractivity contribution in [3.63, 3.8) is 0 Å². The van der Waals surface area contributed by atoms with Gasteiger partial charge in [0.25, 0.3) is 0 Å². The van der Waals surface area contributed by atoms with Gasteiger partial charge in [-0.1, -0.05) is 6.07 Å². The molecule has 0 radical (unpaired) electrons. The number of ether oxygens (including phenoxy) is 1. The van der Waals surface area contributed by atoms with Crippen LogP contribution in [0.1, 0.15) is 28.2 Å². The van der Waals surface area contributed by atoms with Crippen molar-refractivity contribution in [1.82, 2.24) is 9.97 Å². The quantitative estimate of drug-likeness (QED) is 0.412. The number of methoxy groups -OCH3 is 1. The van der Waals surface area contributed by atoms with Crippen LogP contribution in [0.15, 0.2) is 47.2 Å². The van der Waals surface area contributed by atoms with Gasteiger partial charge in [-0.3, -0.25) is 0 Å². The minimum absolute atomic E-state index is 0.00478. The van der Waals surface area contributed by atoms with E-state index in [-0.39, 0.29) is 5.78 Å². The molecule has 2 heterocycles. The van der Waals surface area contributed by atoms with Crippen LogP contribution in [0.3, 0.4) is 0 Å². The third-order valence-corrected chi connectivity index (χ3v) is 4.28. The summed E-state index contributed by atoms with van der Waals surface area (Å²) in [5.41, 5.74) is 2.86. The van der Waals surface area contributed by atoms with E-state index in [2.05, 4.69) is 28.6 Å².